The lowest BCUT2D eigenvalue weighted by molar-refractivity contribution is -0.105. The number of thioether (sulfide) groups is 1. The fourth-order valence-electron chi connectivity index (χ4n) is 1.82. The van der Waals surface area contributed by atoms with E-state index in [1.807, 2.05) is 0 Å². The quantitative estimate of drug-likeness (QED) is 0.463. The Morgan fingerprint density at radius 1 is 1.38 bits per heavy atom. The zero-order valence-electron chi connectivity index (χ0n) is 12.8. The molecule has 0 aliphatic carbocycles. The molecule has 0 atom stereocenters. The fraction of sp³-hybridized carbons (Fsp3) is 0.231. The highest BCUT2D eigenvalue weighted by Gasteiger charge is 2.28. The van der Waals surface area contributed by atoms with Crippen molar-refractivity contribution in [3.8, 4) is 11.6 Å². The average Bonchev–Trinajstić information content (AvgIpc) is 2.48. The molecular weight excluding hydrogens is 386 g/mol. The molecule has 0 saturated heterocycles. The van der Waals surface area contributed by atoms with Gasteiger partial charge in [0.05, 0.1) is 5.75 Å². The first-order chi connectivity index (χ1) is 12.0. The zero-order chi connectivity index (χ0) is 19.6. The number of hydrogen-bond acceptors (Lipinski definition) is 6. The molecule has 1 aromatic heterocycles. The summed E-state index contributed by atoms with van der Waals surface area (Å²) in [6, 6.07) is 1.81. The maximum absolute atomic E-state index is 14.2. The number of aryl methyl sites for hydroxylation is 1. The number of benzene rings is 1. The predicted molar refractivity (Wildman–Crippen MR) is 80.6 cm³/mol. The molecule has 0 bridgehead atoms. The van der Waals surface area contributed by atoms with Gasteiger partial charge in [-0.3, -0.25) is 9.78 Å². The first kappa shape index (κ1) is 19.5. The Hall–Kier alpha value is -2.83. The Bertz CT molecular complexity index is 970. The predicted octanol–water partition coefficient (Wildman–Crippen LogP) is 2.08. The van der Waals surface area contributed by atoms with Gasteiger partial charge in [0.1, 0.15) is 11.5 Å². The van der Waals surface area contributed by atoms with Crippen molar-refractivity contribution in [3.63, 3.8) is 0 Å². The summed E-state index contributed by atoms with van der Waals surface area (Å²) in [6.45, 7) is 1.37. The van der Waals surface area contributed by atoms with E-state index >= 15 is 0 Å². The second kappa shape index (κ2) is 7.19. The molecule has 2 aromatic rings. The van der Waals surface area contributed by atoms with Crippen LogP contribution < -0.4 is 16.0 Å². The highest BCUT2D eigenvalue weighted by Crippen LogP contribution is 2.31. The maximum Gasteiger partial charge on any atom is 0.512 e. The first-order valence-electron chi connectivity index (χ1n) is 6.62. The smallest absolute Gasteiger partial charge is 0.449 e. The van der Waals surface area contributed by atoms with Crippen LogP contribution in [-0.2, 0) is 0 Å². The third-order valence-electron chi connectivity index (χ3n) is 2.85. The highest BCUT2D eigenvalue weighted by atomic mass is 32.2. The summed E-state index contributed by atoms with van der Waals surface area (Å²) < 4.78 is 55.7. The van der Waals surface area contributed by atoms with Crippen LogP contribution in [0.2, 0.25) is 0 Å². The van der Waals surface area contributed by atoms with Crippen LogP contribution in [0.5, 0.6) is 5.88 Å². The summed E-state index contributed by atoms with van der Waals surface area (Å²) in [5.74, 6) is -3.33. The minimum atomic E-state index is -4.47. The zero-order valence-corrected chi connectivity index (χ0v) is 13.6. The fourth-order valence-corrected chi connectivity index (χ4v) is 2.62. The van der Waals surface area contributed by atoms with E-state index in [0.717, 1.165) is 12.1 Å². The number of aromatic amines is 1. The van der Waals surface area contributed by atoms with E-state index in [1.165, 1.54) is 6.92 Å². The number of nitrogens with one attached hydrogen (secondary N) is 1. The molecule has 1 aromatic carbocycles. The lowest BCUT2D eigenvalue weighted by Gasteiger charge is -2.12. The van der Waals surface area contributed by atoms with Crippen LogP contribution in [0.4, 0.5) is 22.4 Å². The molecule has 0 unspecified atom stereocenters. The second-order valence-electron chi connectivity index (χ2n) is 4.82. The van der Waals surface area contributed by atoms with Crippen molar-refractivity contribution in [1.29, 1.82) is 0 Å². The molecule has 140 valence electrons. The van der Waals surface area contributed by atoms with Gasteiger partial charge in [0.2, 0.25) is 0 Å². The van der Waals surface area contributed by atoms with Gasteiger partial charge in [0.15, 0.2) is 0 Å². The van der Waals surface area contributed by atoms with Gasteiger partial charge < -0.3 is 9.84 Å². The Morgan fingerprint density at radius 2 is 2.04 bits per heavy atom. The van der Waals surface area contributed by atoms with Crippen molar-refractivity contribution < 1.29 is 32.2 Å². The number of hydrogen-bond donors (Lipinski definition) is 2. The Labute approximate surface area is 145 Å². The largest absolute Gasteiger partial charge is 0.512 e. The molecule has 8 nitrogen and oxygen atoms in total. The first-order valence-corrected chi connectivity index (χ1v) is 7.61. The Kier molecular flexibility index (Phi) is 5.39. The van der Waals surface area contributed by atoms with Crippen LogP contribution in [-0.4, -0.2) is 38.0 Å². The van der Waals surface area contributed by atoms with Crippen LogP contribution in [0.25, 0.3) is 5.69 Å². The van der Waals surface area contributed by atoms with E-state index in [1.54, 1.807) is 4.98 Å². The van der Waals surface area contributed by atoms with Crippen LogP contribution in [0.15, 0.2) is 26.6 Å². The minimum Gasteiger partial charge on any atom is -0.449 e. The third kappa shape index (κ3) is 4.62. The highest BCUT2D eigenvalue weighted by molar-refractivity contribution is 7.99. The van der Waals surface area contributed by atoms with Crippen LogP contribution in [0, 0.1) is 12.7 Å². The molecule has 1 heterocycles. The number of halogens is 4. The molecule has 0 saturated carbocycles. The number of alkyl halides is 3. The molecule has 0 aliphatic rings. The van der Waals surface area contributed by atoms with Crippen LogP contribution in [0.1, 0.15) is 5.56 Å². The molecular formula is C13H9F4N3O5S. The maximum atomic E-state index is 14.2. The van der Waals surface area contributed by atoms with Crippen LogP contribution in [0.3, 0.4) is 0 Å². The second-order valence-corrected chi connectivity index (χ2v) is 5.83. The normalized spacial score (nSPS) is 11.4. The van der Waals surface area contributed by atoms with Crippen molar-refractivity contribution >= 4 is 17.9 Å². The van der Waals surface area contributed by atoms with E-state index in [-0.39, 0.29) is 15.1 Å². The van der Waals surface area contributed by atoms with Gasteiger partial charge in [-0.2, -0.15) is 17.9 Å². The minimum absolute atomic E-state index is 0.0133. The number of ether oxygens (including phenoxy) is 1. The summed E-state index contributed by atoms with van der Waals surface area (Å²) in [6.07, 6.45) is -6.37. The number of H-pyrrole nitrogens is 1. The number of aromatic nitrogens is 3. The molecule has 26 heavy (non-hydrogen) atoms. The lowest BCUT2D eigenvalue weighted by Crippen LogP contribution is -2.33. The standard InChI is InChI=1S/C13H9F4N3O5S/c1-5-2-6(14)7(3-8(5)26-4-13(15,16)17)20-11(22)18-9(21)10(19-20)25-12(23)24/h2-3H,4H2,1H3,(H,23,24)(H,18,21,22). The lowest BCUT2D eigenvalue weighted by atomic mass is 10.2. The Balaban J connectivity index is 2.56. The van der Waals surface area contributed by atoms with Gasteiger partial charge in [0, 0.05) is 4.90 Å². The average molecular weight is 395 g/mol. The van der Waals surface area contributed by atoms with Gasteiger partial charge in [-0.05, 0) is 24.6 Å². The summed E-state index contributed by atoms with van der Waals surface area (Å²) >= 11 is 0.363. The number of carbonyl (C=O) groups is 1. The molecule has 13 heteroatoms. The van der Waals surface area contributed by atoms with E-state index in [9.17, 15) is 31.9 Å². The Morgan fingerprint density at radius 3 is 2.62 bits per heavy atom. The van der Waals surface area contributed by atoms with E-state index in [4.69, 9.17) is 5.11 Å². The molecule has 0 amide bonds. The molecule has 0 fully saturated rings. The van der Waals surface area contributed by atoms with Crippen molar-refractivity contribution in [1.82, 2.24) is 14.8 Å². The number of carboxylic acid groups (broad SMARTS) is 1. The third-order valence-corrected chi connectivity index (χ3v) is 4.07. The monoisotopic (exact) mass is 395 g/mol. The molecule has 2 N–H and O–H groups in total. The van der Waals surface area contributed by atoms with E-state index in [0.29, 0.717) is 11.8 Å². The summed E-state index contributed by atoms with van der Waals surface area (Å²) in [5, 5.41) is 11.8. The molecule has 0 aliphatic heterocycles. The van der Waals surface area contributed by atoms with Gasteiger partial charge in [0.25, 0.3) is 0 Å². The van der Waals surface area contributed by atoms with Crippen LogP contribution >= 0.6 is 11.8 Å². The number of rotatable bonds is 4. The SMILES string of the molecule is Cc1cc(F)c(-n2nc(OC(=O)O)c(=O)[nH]c2=O)cc1SCC(F)(F)F. The summed E-state index contributed by atoms with van der Waals surface area (Å²) in [7, 11) is 0. The van der Waals surface area contributed by atoms with E-state index in [2.05, 4.69) is 9.84 Å². The van der Waals surface area contributed by atoms with E-state index < -0.39 is 46.7 Å². The van der Waals surface area contributed by atoms with Gasteiger partial charge >= 0.3 is 29.5 Å². The molecule has 0 spiro atoms. The van der Waals surface area contributed by atoms with Crippen molar-refractivity contribution in [2.45, 2.75) is 18.0 Å². The topological polar surface area (TPSA) is 114 Å². The van der Waals surface area contributed by atoms with Gasteiger partial charge in [-0.25, -0.2) is 14.0 Å². The van der Waals surface area contributed by atoms with Gasteiger partial charge in [-0.1, -0.05) is 0 Å². The van der Waals surface area contributed by atoms with Crippen molar-refractivity contribution in [3.05, 3.63) is 44.4 Å². The van der Waals surface area contributed by atoms with Crippen molar-refractivity contribution in [2.24, 2.45) is 0 Å². The van der Waals surface area contributed by atoms with Gasteiger partial charge in [-0.15, -0.1) is 16.9 Å². The summed E-state index contributed by atoms with van der Waals surface area (Å²) in [4.78, 5) is 35.5. The molecule has 2 rings (SSSR count). The molecule has 0 radical (unpaired) electrons. The number of nitrogens with zero attached hydrogens (tertiary/aromatic N) is 2. The summed E-state index contributed by atoms with van der Waals surface area (Å²) in [5.41, 5.74) is -2.91. The van der Waals surface area contributed by atoms with Crippen molar-refractivity contribution in [2.75, 3.05) is 5.75 Å².